The highest BCUT2D eigenvalue weighted by Gasteiger charge is 2.04. The number of rotatable bonds is 2. The lowest BCUT2D eigenvalue weighted by Gasteiger charge is -2.05. The van der Waals surface area contributed by atoms with Crippen LogP contribution in [-0.4, -0.2) is 10.1 Å². The van der Waals surface area contributed by atoms with Crippen molar-refractivity contribution in [1.82, 2.24) is 4.98 Å². The van der Waals surface area contributed by atoms with Gasteiger partial charge in [0.15, 0.2) is 0 Å². The Morgan fingerprint density at radius 3 is 2.71 bits per heavy atom. The van der Waals surface area contributed by atoms with Gasteiger partial charge in [-0.2, -0.15) is 0 Å². The number of aliphatic hydroxyl groups excluding tert-OH is 1. The lowest BCUT2D eigenvalue weighted by molar-refractivity contribution is 0.224. The fourth-order valence-electron chi connectivity index (χ4n) is 1.38. The zero-order valence-corrected chi connectivity index (χ0v) is 7.72. The van der Waals surface area contributed by atoms with Gasteiger partial charge in [0.25, 0.3) is 0 Å². The van der Waals surface area contributed by atoms with E-state index >= 15 is 0 Å². The summed E-state index contributed by atoms with van der Waals surface area (Å²) in [6.45, 7) is 3.53. The number of pyridine rings is 1. The number of aliphatic hydroxyl groups is 1. The second-order valence-corrected chi connectivity index (χ2v) is 3.14. The molecule has 0 unspecified atom stereocenters. The molecule has 1 aromatic heterocycles. The summed E-state index contributed by atoms with van der Waals surface area (Å²) in [5, 5.41) is 11.7. The molecule has 1 heterocycles. The Morgan fingerprint density at radius 2 is 2.00 bits per heavy atom. The Hall–Kier alpha value is -1.67. The first kappa shape index (κ1) is 8.91. The second-order valence-electron chi connectivity index (χ2n) is 3.14. The van der Waals surface area contributed by atoms with Crippen LogP contribution in [0.3, 0.4) is 0 Å². The van der Waals surface area contributed by atoms with Gasteiger partial charge >= 0.3 is 0 Å². The average molecular weight is 185 g/mol. The minimum absolute atomic E-state index is 0.638. The number of nitrogens with zero attached hydrogens (tertiary/aromatic N) is 1. The largest absolute Gasteiger partial charge is 0.383 e. The molecule has 2 heteroatoms. The first-order chi connectivity index (χ1) is 6.81. The molecule has 2 nitrogen and oxygen atoms in total. The second kappa shape index (κ2) is 3.60. The smallest absolute Gasteiger partial charge is 0.114 e. The molecule has 1 atom stereocenters. The van der Waals surface area contributed by atoms with Gasteiger partial charge in [-0.05, 0) is 11.5 Å². The zero-order valence-electron chi connectivity index (χ0n) is 7.72. The van der Waals surface area contributed by atoms with Gasteiger partial charge in [0.1, 0.15) is 6.10 Å². The molecule has 1 N–H and O–H groups in total. The van der Waals surface area contributed by atoms with Crippen LogP contribution in [0.1, 0.15) is 11.8 Å². The number of fused-ring (bicyclic) bond motifs is 1. The minimum atomic E-state index is -0.681. The molecule has 2 aromatic rings. The van der Waals surface area contributed by atoms with E-state index < -0.39 is 6.10 Å². The number of aromatic nitrogens is 1. The Bertz CT molecular complexity index is 465. The topological polar surface area (TPSA) is 33.1 Å². The summed E-state index contributed by atoms with van der Waals surface area (Å²) in [6.07, 6.45) is 2.55. The van der Waals surface area contributed by atoms with Crippen LogP contribution in [0.4, 0.5) is 0 Å². The molecular formula is C12H11NO. The van der Waals surface area contributed by atoms with E-state index in [9.17, 15) is 5.11 Å². The van der Waals surface area contributed by atoms with E-state index in [1.807, 2.05) is 30.3 Å². The van der Waals surface area contributed by atoms with Crippen LogP contribution in [0.15, 0.2) is 49.2 Å². The molecule has 0 radical (unpaired) electrons. The van der Waals surface area contributed by atoms with Crippen LogP contribution in [-0.2, 0) is 0 Å². The number of hydrogen-bond donors (Lipinski definition) is 1. The molecule has 0 aliphatic rings. The van der Waals surface area contributed by atoms with Crippen molar-refractivity contribution in [1.29, 1.82) is 0 Å². The van der Waals surface area contributed by atoms with Crippen LogP contribution in [0.2, 0.25) is 0 Å². The third-order valence-corrected chi connectivity index (χ3v) is 2.18. The Labute approximate surface area is 82.5 Å². The fourth-order valence-corrected chi connectivity index (χ4v) is 1.38. The molecule has 0 fully saturated rings. The SMILES string of the molecule is C=C[C@H](O)c1cc2ccccc2cn1. The van der Waals surface area contributed by atoms with Gasteiger partial charge in [-0.15, -0.1) is 6.58 Å². The van der Waals surface area contributed by atoms with E-state index in [0.29, 0.717) is 5.69 Å². The maximum absolute atomic E-state index is 9.51. The maximum Gasteiger partial charge on any atom is 0.114 e. The molecule has 0 saturated heterocycles. The minimum Gasteiger partial charge on any atom is -0.383 e. The van der Waals surface area contributed by atoms with Crippen molar-refractivity contribution < 1.29 is 5.11 Å². The number of hydrogen-bond acceptors (Lipinski definition) is 2. The first-order valence-corrected chi connectivity index (χ1v) is 4.46. The number of benzene rings is 1. The van der Waals surface area contributed by atoms with E-state index in [2.05, 4.69) is 11.6 Å². The normalized spacial score (nSPS) is 12.6. The average Bonchev–Trinajstić information content (AvgIpc) is 2.27. The summed E-state index contributed by atoms with van der Waals surface area (Å²) < 4.78 is 0. The monoisotopic (exact) mass is 185 g/mol. The van der Waals surface area contributed by atoms with Gasteiger partial charge in [-0.25, -0.2) is 0 Å². The van der Waals surface area contributed by atoms with Gasteiger partial charge in [-0.3, -0.25) is 4.98 Å². The van der Waals surface area contributed by atoms with Gasteiger partial charge < -0.3 is 5.11 Å². The van der Waals surface area contributed by atoms with Crippen LogP contribution in [0, 0.1) is 0 Å². The van der Waals surface area contributed by atoms with E-state index in [0.717, 1.165) is 10.8 Å². The molecule has 70 valence electrons. The summed E-state index contributed by atoms with van der Waals surface area (Å²) in [4.78, 5) is 4.16. The van der Waals surface area contributed by atoms with Crippen molar-refractivity contribution in [3.8, 4) is 0 Å². The summed E-state index contributed by atoms with van der Waals surface area (Å²) in [7, 11) is 0. The van der Waals surface area contributed by atoms with Crippen molar-refractivity contribution in [3.05, 3.63) is 54.9 Å². The van der Waals surface area contributed by atoms with Crippen molar-refractivity contribution in [2.75, 3.05) is 0 Å². The molecule has 1 aromatic carbocycles. The molecule has 0 spiro atoms. The Kier molecular flexibility index (Phi) is 2.29. The molecular weight excluding hydrogens is 174 g/mol. The van der Waals surface area contributed by atoms with E-state index in [1.165, 1.54) is 6.08 Å². The van der Waals surface area contributed by atoms with Crippen LogP contribution >= 0.6 is 0 Å². The van der Waals surface area contributed by atoms with E-state index in [1.54, 1.807) is 6.20 Å². The summed E-state index contributed by atoms with van der Waals surface area (Å²) in [5.74, 6) is 0. The molecule has 14 heavy (non-hydrogen) atoms. The van der Waals surface area contributed by atoms with Gasteiger partial charge in [0.2, 0.25) is 0 Å². The van der Waals surface area contributed by atoms with Crippen LogP contribution < -0.4 is 0 Å². The van der Waals surface area contributed by atoms with Crippen LogP contribution in [0.5, 0.6) is 0 Å². The molecule has 2 rings (SSSR count). The first-order valence-electron chi connectivity index (χ1n) is 4.46. The third kappa shape index (κ3) is 1.52. The van der Waals surface area contributed by atoms with Crippen molar-refractivity contribution in [2.45, 2.75) is 6.10 Å². The highest BCUT2D eigenvalue weighted by Crippen LogP contribution is 2.17. The predicted molar refractivity (Wildman–Crippen MR) is 56.9 cm³/mol. The van der Waals surface area contributed by atoms with Gasteiger partial charge in [0.05, 0.1) is 5.69 Å². The predicted octanol–water partition coefficient (Wildman–Crippen LogP) is 2.45. The van der Waals surface area contributed by atoms with Crippen molar-refractivity contribution >= 4 is 10.8 Å². The Morgan fingerprint density at radius 1 is 1.29 bits per heavy atom. The molecule has 0 aliphatic heterocycles. The van der Waals surface area contributed by atoms with Crippen molar-refractivity contribution in [3.63, 3.8) is 0 Å². The lowest BCUT2D eigenvalue weighted by Crippen LogP contribution is -1.95. The highest BCUT2D eigenvalue weighted by molar-refractivity contribution is 5.81. The van der Waals surface area contributed by atoms with Crippen LogP contribution in [0.25, 0.3) is 10.8 Å². The Balaban J connectivity index is 2.56. The van der Waals surface area contributed by atoms with E-state index in [4.69, 9.17) is 0 Å². The summed E-state index contributed by atoms with van der Waals surface area (Å²) in [5.41, 5.74) is 0.638. The van der Waals surface area contributed by atoms with Crippen molar-refractivity contribution in [2.24, 2.45) is 0 Å². The molecule has 0 bridgehead atoms. The van der Waals surface area contributed by atoms with Gasteiger partial charge in [-0.1, -0.05) is 30.3 Å². The summed E-state index contributed by atoms with van der Waals surface area (Å²) >= 11 is 0. The zero-order chi connectivity index (χ0) is 9.97. The maximum atomic E-state index is 9.51. The third-order valence-electron chi connectivity index (χ3n) is 2.18. The highest BCUT2D eigenvalue weighted by atomic mass is 16.3. The molecule has 0 amide bonds. The standard InChI is InChI=1S/C12H11NO/c1-2-12(14)11-7-9-5-3-4-6-10(9)8-13-11/h2-8,12,14H,1H2/t12-/m0/s1. The fraction of sp³-hybridized carbons (Fsp3) is 0.0833. The summed E-state index contributed by atoms with van der Waals surface area (Å²) in [6, 6.07) is 9.80. The molecule has 0 aliphatic carbocycles. The molecule has 0 saturated carbocycles. The van der Waals surface area contributed by atoms with E-state index in [-0.39, 0.29) is 0 Å². The lowest BCUT2D eigenvalue weighted by atomic mass is 10.1. The quantitative estimate of drug-likeness (QED) is 0.729. The van der Waals surface area contributed by atoms with Gasteiger partial charge in [0, 0.05) is 11.6 Å².